The van der Waals surface area contributed by atoms with Crippen LogP contribution in [0, 0.1) is 13.7 Å². The Labute approximate surface area is 218 Å². The van der Waals surface area contributed by atoms with Gasteiger partial charge in [-0.2, -0.15) is 0 Å². The van der Waals surface area contributed by atoms with Crippen LogP contribution in [0.5, 0.6) is 11.5 Å². The van der Waals surface area contributed by atoms with Gasteiger partial charge in [0.25, 0.3) is 17.5 Å². The highest BCUT2D eigenvalue weighted by Gasteiger charge is 2.36. The highest BCUT2D eigenvalue weighted by molar-refractivity contribution is 14.1. The number of ether oxygens (including phenoxy) is 2. The summed E-state index contributed by atoms with van der Waals surface area (Å²) in [5.41, 5.74) is 1.31. The van der Waals surface area contributed by atoms with E-state index >= 15 is 0 Å². The van der Waals surface area contributed by atoms with Crippen molar-refractivity contribution in [2.24, 2.45) is 0 Å². The van der Waals surface area contributed by atoms with Gasteiger partial charge in [0.2, 0.25) is 0 Å². The van der Waals surface area contributed by atoms with Crippen LogP contribution in [0.1, 0.15) is 11.1 Å². The number of barbiturate groups is 1. The molecule has 3 aromatic rings. The van der Waals surface area contributed by atoms with Gasteiger partial charge in [0, 0.05) is 12.1 Å². The minimum Gasteiger partial charge on any atom is -0.493 e. The number of amides is 4. The maximum absolute atomic E-state index is 13.1. The van der Waals surface area contributed by atoms with Crippen LogP contribution in [-0.4, -0.2) is 29.9 Å². The lowest BCUT2D eigenvalue weighted by atomic mass is 10.1. The van der Waals surface area contributed by atoms with Crippen molar-refractivity contribution in [1.82, 2.24) is 5.32 Å². The molecule has 0 radical (unpaired) electrons. The van der Waals surface area contributed by atoms with Crippen molar-refractivity contribution in [2.75, 3.05) is 12.0 Å². The normalized spacial score (nSPS) is 14.6. The van der Waals surface area contributed by atoms with Gasteiger partial charge < -0.3 is 9.47 Å². The second-order valence-electron chi connectivity index (χ2n) is 7.54. The lowest BCUT2D eigenvalue weighted by Gasteiger charge is -2.26. The van der Waals surface area contributed by atoms with E-state index in [0.717, 1.165) is 10.5 Å². The largest absolute Gasteiger partial charge is 0.493 e. The number of halogens is 1. The molecule has 10 nitrogen and oxygen atoms in total. The lowest BCUT2D eigenvalue weighted by Crippen LogP contribution is -2.54. The Morgan fingerprint density at radius 2 is 1.75 bits per heavy atom. The van der Waals surface area contributed by atoms with E-state index in [0.29, 0.717) is 26.3 Å². The summed E-state index contributed by atoms with van der Waals surface area (Å²) in [7, 11) is 1.45. The molecular weight excluding hydrogens is 581 g/mol. The van der Waals surface area contributed by atoms with Crippen molar-refractivity contribution < 1.29 is 28.8 Å². The molecule has 0 bridgehead atoms. The number of carbonyl (C=O) groups is 3. The van der Waals surface area contributed by atoms with Gasteiger partial charge in [0.15, 0.2) is 11.5 Å². The number of non-ortho nitro benzene ring substituents is 1. The number of benzene rings is 3. The number of nitrogens with one attached hydrogen (secondary N) is 1. The Kier molecular flexibility index (Phi) is 7.29. The highest BCUT2D eigenvalue weighted by atomic mass is 127. The molecule has 4 rings (SSSR count). The molecule has 1 aliphatic heterocycles. The summed E-state index contributed by atoms with van der Waals surface area (Å²) in [4.78, 5) is 49.1. The van der Waals surface area contributed by atoms with E-state index in [-0.39, 0.29) is 17.9 Å². The third-order valence-electron chi connectivity index (χ3n) is 5.21. The van der Waals surface area contributed by atoms with Crippen molar-refractivity contribution in [3.8, 4) is 11.5 Å². The number of hydrogen-bond donors (Lipinski definition) is 1. The Morgan fingerprint density at radius 3 is 2.39 bits per heavy atom. The summed E-state index contributed by atoms with van der Waals surface area (Å²) in [5.74, 6) is -0.762. The predicted octanol–water partition coefficient (Wildman–Crippen LogP) is 4.45. The molecule has 0 spiro atoms. The van der Waals surface area contributed by atoms with Gasteiger partial charge in [-0.3, -0.25) is 25.0 Å². The van der Waals surface area contributed by atoms with Crippen molar-refractivity contribution in [3.63, 3.8) is 0 Å². The quantitative estimate of drug-likeness (QED) is 0.140. The first kappa shape index (κ1) is 24.9. The van der Waals surface area contributed by atoms with E-state index < -0.39 is 22.8 Å². The molecule has 0 aliphatic carbocycles. The molecule has 1 N–H and O–H groups in total. The van der Waals surface area contributed by atoms with Crippen LogP contribution in [0.3, 0.4) is 0 Å². The zero-order valence-corrected chi connectivity index (χ0v) is 20.9. The molecule has 0 aromatic heterocycles. The first-order valence-corrected chi connectivity index (χ1v) is 11.6. The molecule has 4 amide bonds. The SMILES string of the molecule is COc1cc(/C=C2/C(=O)NC(=O)N(c3ccccc3)C2=O)cc(I)c1OCc1ccc([N+](=O)[O-])cc1. The van der Waals surface area contributed by atoms with Gasteiger partial charge in [-0.05, 0) is 76.2 Å². The Morgan fingerprint density at radius 1 is 1.06 bits per heavy atom. The number of urea groups is 1. The summed E-state index contributed by atoms with van der Waals surface area (Å²) in [6.07, 6.45) is 1.38. The number of methoxy groups -OCH3 is 1. The number of nitrogens with zero attached hydrogens (tertiary/aromatic N) is 2. The fourth-order valence-corrected chi connectivity index (χ4v) is 4.25. The monoisotopic (exact) mass is 599 g/mol. The van der Waals surface area contributed by atoms with Crippen LogP contribution < -0.4 is 19.7 Å². The van der Waals surface area contributed by atoms with Crippen LogP contribution in [0.4, 0.5) is 16.2 Å². The van der Waals surface area contributed by atoms with E-state index in [2.05, 4.69) is 5.32 Å². The standard InChI is InChI=1S/C25H18IN3O7/c1-35-21-13-16(12-20(26)22(21)36-14-15-7-9-18(10-8-15)29(33)34)11-19-23(30)27-25(32)28(24(19)31)17-5-3-2-4-6-17/h2-13H,14H2,1H3,(H,27,30,32)/b19-11-. The van der Waals surface area contributed by atoms with Crippen LogP contribution in [-0.2, 0) is 16.2 Å². The Hall–Kier alpha value is -4.26. The molecule has 0 unspecified atom stereocenters. The van der Waals surface area contributed by atoms with Crippen LogP contribution in [0.15, 0.2) is 72.3 Å². The molecule has 3 aromatic carbocycles. The fourth-order valence-electron chi connectivity index (χ4n) is 3.47. The van der Waals surface area contributed by atoms with E-state index in [4.69, 9.17) is 9.47 Å². The van der Waals surface area contributed by atoms with E-state index in [9.17, 15) is 24.5 Å². The van der Waals surface area contributed by atoms with Crippen molar-refractivity contribution in [1.29, 1.82) is 0 Å². The molecular formula is C25H18IN3O7. The van der Waals surface area contributed by atoms with Crippen LogP contribution in [0.25, 0.3) is 6.08 Å². The minimum absolute atomic E-state index is 0.0165. The molecule has 1 aliphatic rings. The average Bonchev–Trinajstić information content (AvgIpc) is 2.86. The van der Waals surface area contributed by atoms with Crippen LogP contribution in [0.2, 0.25) is 0 Å². The van der Waals surface area contributed by atoms with Crippen molar-refractivity contribution >= 4 is 57.9 Å². The van der Waals surface area contributed by atoms with Crippen molar-refractivity contribution in [3.05, 3.63) is 97.1 Å². The number of hydrogen-bond acceptors (Lipinski definition) is 7. The highest BCUT2D eigenvalue weighted by Crippen LogP contribution is 2.35. The maximum Gasteiger partial charge on any atom is 0.335 e. The third kappa shape index (κ3) is 5.20. The lowest BCUT2D eigenvalue weighted by molar-refractivity contribution is -0.384. The smallest absolute Gasteiger partial charge is 0.335 e. The molecule has 1 saturated heterocycles. The second kappa shape index (κ2) is 10.6. The average molecular weight is 599 g/mol. The second-order valence-corrected chi connectivity index (χ2v) is 8.70. The number of para-hydroxylation sites is 1. The van der Waals surface area contributed by atoms with Crippen LogP contribution >= 0.6 is 22.6 Å². The summed E-state index contributed by atoms with van der Waals surface area (Å²) >= 11 is 2.04. The van der Waals surface area contributed by atoms with Crippen molar-refractivity contribution in [2.45, 2.75) is 6.61 Å². The van der Waals surface area contributed by atoms with Gasteiger partial charge in [-0.15, -0.1) is 0 Å². The number of nitro groups is 1. The van der Waals surface area contributed by atoms with Gasteiger partial charge in [-0.1, -0.05) is 18.2 Å². The fraction of sp³-hybridized carbons (Fsp3) is 0.0800. The maximum atomic E-state index is 13.1. The van der Waals surface area contributed by atoms with Gasteiger partial charge in [0.05, 0.1) is 21.3 Å². The van der Waals surface area contributed by atoms with E-state index in [1.165, 1.54) is 25.3 Å². The number of anilines is 1. The van der Waals surface area contributed by atoms with Gasteiger partial charge in [0.1, 0.15) is 12.2 Å². The molecule has 1 fully saturated rings. The zero-order chi connectivity index (χ0) is 25.8. The molecule has 182 valence electrons. The number of carbonyl (C=O) groups excluding carboxylic acids is 3. The Bertz CT molecular complexity index is 1390. The number of imide groups is 2. The molecule has 36 heavy (non-hydrogen) atoms. The topological polar surface area (TPSA) is 128 Å². The number of nitro benzene ring substituents is 1. The Balaban J connectivity index is 1.60. The summed E-state index contributed by atoms with van der Waals surface area (Å²) in [5, 5.41) is 13.0. The van der Waals surface area contributed by atoms with E-state index in [1.54, 1.807) is 54.6 Å². The molecule has 0 saturated carbocycles. The summed E-state index contributed by atoms with van der Waals surface area (Å²) in [6, 6.07) is 16.8. The summed E-state index contributed by atoms with van der Waals surface area (Å²) in [6.45, 7) is 0.139. The third-order valence-corrected chi connectivity index (χ3v) is 6.01. The first-order chi connectivity index (χ1) is 17.3. The predicted molar refractivity (Wildman–Crippen MR) is 139 cm³/mol. The van der Waals surface area contributed by atoms with Gasteiger partial charge >= 0.3 is 6.03 Å². The van der Waals surface area contributed by atoms with Gasteiger partial charge in [-0.25, -0.2) is 9.69 Å². The zero-order valence-electron chi connectivity index (χ0n) is 18.8. The first-order valence-electron chi connectivity index (χ1n) is 10.5. The molecule has 1 heterocycles. The number of rotatable bonds is 7. The summed E-state index contributed by atoms with van der Waals surface area (Å²) < 4.78 is 12.0. The molecule has 11 heteroatoms. The van der Waals surface area contributed by atoms with E-state index in [1.807, 2.05) is 22.6 Å². The minimum atomic E-state index is -0.824. The molecule has 0 atom stereocenters.